The number of hydrogen-bond donors (Lipinski definition) is 1. The monoisotopic (exact) mass is 474 g/mol. The molecule has 3 rings (SSSR count). The molecule has 0 radical (unpaired) electrons. The highest BCUT2D eigenvalue weighted by atomic mass is 32.2. The van der Waals surface area contributed by atoms with E-state index in [4.69, 9.17) is 18.5 Å². The predicted octanol–water partition coefficient (Wildman–Crippen LogP) is 0.185. The normalized spacial score (nSPS) is 28.1. The molecule has 2 saturated heterocycles. The molecule has 1 aromatic rings. The minimum absolute atomic E-state index is 0.156. The molecule has 0 spiro atoms. The maximum Gasteiger partial charge on any atom is 0.351 e. The number of anilines is 1. The first-order chi connectivity index (χ1) is 15.0. The Morgan fingerprint density at radius 3 is 2.78 bits per heavy atom. The zero-order chi connectivity index (χ0) is 23.7. The Morgan fingerprint density at radius 2 is 2.16 bits per heavy atom. The molecule has 32 heavy (non-hydrogen) atoms. The topological polar surface area (TPSA) is 138 Å². The van der Waals surface area contributed by atoms with E-state index >= 15 is 0 Å². The van der Waals surface area contributed by atoms with Gasteiger partial charge in [-0.25, -0.2) is 4.79 Å². The number of unbranched alkanes of at least 4 members (excludes halogenated alkanes) is 1. The molecule has 0 aliphatic carbocycles. The second kappa shape index (κ2) is 9.53. The van der Waals surface area contributed by atoms with Crippen molar-refractivity contribution in [1.82, 2.24) is 14.6 Å². The van der Waals surface area contributed by atoms with Gasteiger partial charge in [-0.1, -0.05) is 13.3 Å². The second-order valence-corrected chi connectivity index (χ2v) is 9.83. The fourth-order valence-electron chi connectivity index (χ4n) is 3.91. The number of aromatic nitrogens is 2. The van der Waals surface area contributed by atoms with E-state index in [0.29, 0.717) is 12.2 Å². The Bertz CT molecular complexity index is 1010. The van der Waals surface area contributed by atoms with Crippen LogP contribution in [0.25, 0.3) is 0 Å². The van der Waals surface area contributed by atoms with Crippen molar-refractivity contribution in [2.45, 2.75) is 57.6 Å². The fourth-order valence-corrected chi connectivity index (χ4v) is 4.32. The minimum Gasteiger partial charge on any atom is -0.372 e. The van der Waals surface area contributed by atoms with Gasteiger partial charge in [0.25, 0.3) is 10.1 Å². The van der Waals surface area contributed by atoms with Gasteiger partial charge < -0.3 is 14.8 Å². The second-order valence-electron chi connectivity index (χ2n) is 8.18. The van der Waals surface area contributed by atoms with Crippen molar-refractivity contribution in [2.75, 3.05) is 38.4 Å². The summed E-state index contributed by atoms with van der Waals surface area (Å²) in [5, 5.41) is 4.04. The summed E-state index contributed by atoms with van der Waals surface area (Å²) in [4.78, 5) is 34.1. The summed E-state index contributed by atoms with van der Waals surface area (Å²) in [5.41, 5.74) is -1.30. The zero-order valence-corrected chi connectivity index (χ0v) is 19.7. The molecule has 3 heterocycles. The molecule has 1 N–H and O–H groups in total. The molecule has 13 heteroatoms. The van der Waals surface area contributed by atoms with Crippen molar-refractivity contribution in [3.05, 3.63) is 22.2 Å². The van der Waals surface area contributed by atoms with Crippen molar-refractivity contribution in [3.8, 4) is 0 Å². The lowest BCUT2D eigenvalue weighted by Crippen LogP contribution is -2.60. The van der Waals surface area contributed by atoms with Crippen LogP contribution in [0.1, 0.15) is 38.5 Å². The molecule has 2 bridgehead atoms. The molecule has 0 saturated carbocycles. The number of likely N-dealkylation sites (N-methyl/N-ethyl adjacent to an activating group) is 1. The highest BCUT2D eigenvalue weighted by Crippen LogP contribution is 2.45. The van der Waals surface area contributed by atoms with Gasteiger partial charge in [-0.2, -0.15) is 18.5 Å². The van der Waals surface area contributed by atoms with Crippen LogP contribution in [0.4, 0.5) is 5.82 Å². The van der Waals surface area contributed by atoms with Gasteiger partial charge in [0.1, 0.15) is 17.5 Å². The van der Waals surface area contributed by atoms with Crippen LogP contribution in [0.5, 0.6) is 0 Å². The molecule has 2 fully saturated rings. The number of hydrogen-bond acceptors (Lipinski definition) is 10. The lowest BCUT2D eigenvalue weighted by atomic mass is 9.94. The van der Waals surface area contributed by atoms with E-state index in [2.05, 4.69) is 10.3 Å². The van der Waals surface area contributed by atoms with Gasteiger partial charge in [0.05, 0.1) is 19.4 Å². The highest BCUT2D eigenvalue weighted by molar-refractivity contribution is 7.85. The third kappa shape index (κ3) is 5.35. The van der Waals surface area contributed by atoms with E-state index in [-0.39, 0.29) is 24.9 Å². The van der Waals surface area contributed by atoms with E-state index < -0.39 is 39.8 Å². The van der Waals surface area contributed by atoms with Crippen LogP contribution in [-0.4, -0.2) is 79.8 Å². The van der Waals surface area contributed by atoms with Gasteiger partial charge in [0.15, 0.2) is 12.3 Å². The number of ether oxygens (including phenoxy) is 2. The number of nitrogens with zero attached hydrogens (tertiary/aromatic N) is 3. The van der Waals surface area contributed by atoms with Gasteiger partial charge in [-0.05, 0) is 13.3 Å². The molecular weight excluding hydrogens is 444 g/mol. The number of carbonyl (C=O) groups excluding carboxylic acids is 1. The van der Waals surface area contributed by atoms with Crippen LogP contribution in [-0.2, 0) is 33.4 Å². The Morgan fingerprint density at radius 1 is 1.44 bits per heavy atom. The summed E-state index contributed by atoms with van der Waals surface area (Å²) in [6.07, 6.45) is 1.80. The first-order valence-electron chi connectivity index (χ1n) is 10.3. The average Bonchev–Trinajstić information content (AvgIpc) is 2.86. The summed E-state index contributed by atoms with van der Waals surface area (Å²) in [5.74, 6) is -0.194. The summed E-state index contributed by atoms with van der Waals surface area (Å²) in [7, 11) is -2.07. The Hall–Kier alpha value is -1.90. The number of nitrogens with one attached hydrogen (secondary N) is 1. The summed E-state index contributed by atoms with van der Waals surface area (Å²) in [6.45, 7) is 5.32. The van der Waals surface area contributed by atoms with Crippen molar-refractivity contribution < 1.29 is 31.7 Å². The third-order valence-corrected chi connectivity index (χ3v) is 5.81. The van der Waals surface area contributed by atoms with Crippen molar-refractivity contribution >= 4 is 21.8 Å². The first kappa shape index (κ1) is 24.7. The van der Waals surface area contributed by atoms with Crippen LogP contribution in [0.15, 0.2) is 11.0 Å². The fraction of sp³-hybridized carbons (Fsp3) is 0.737. The van der Waals surface area contributed by atoms with Gasteiger partial charge in [-0.15, -0.1) is 0 Å². The van der Waals surface area contributed by atoms with Gasteiger partial charge in [0.2, 0.25) is 5.91 Å². The molecule has 1 amide bonds. The van der Waals surface area contributed by atoms with E-state index in [9.17, 15) is 18.0 Å². The largest absolute Gasteiger partial charge is 0.372 e. The van der Waals surface area contributed by atoms with Crippen molar-refractivity contribution in [2.24, 2.45) is 0 Å². The number of amides is 1. The highest BCUT2D eigenvalue weighted by Gasteiger charge is 2.62. The quantitative estimate of drug-likeness (QED) is 0.390. The molecule has 4 atom stereocenters. The molecule has 1 unspecified atom stereocenters. The number of fused-ring (bicyclic) bond motifs is 2. The van der Waals surface area contributed by atoms with Gasteiger partial charge in [0, 0.05) is 32.3 Å². The van der Waals surface area contributed by atoms with Gasteiger partial charge >= 0.3 is 5.69 Å². The molecule has 0 aromatic carbocycles. The Balaban J connectivity index is 2.00. The number of hydroxylamine groups is 2. The number of carbonyl (C=O) groups is 1. The standard InChI is InChI=1S/C19H30N4O8S/c1-6-7-8-28-15-14-17(23-9-12(2)16(20-13(3)24)21-18(23)25)30-19(15,10-22(4)31-14)11-29-32(5,26)27/h9,14-15,17H,6-8,10-11H2,1-5H3,(H,20,21,24,25)/t14-,15?,17+,19+/m0/s1. The van der Waals surface area contributed by atoms with Gasteiger partial charge in [-0.3, -0.25) is 18.4 Å². The van der Waals surface area contributed by atoms with Crippen LogP contribution < -0.4 is 11.0 Å². The molecule has 2 aliphatic rings. The lowest BCUT2D eigenvalue weighted by molar-refractivity contribution is -0.265. The molecular formula is C19H30N4O8S. The molecule has 2 aliphatic heterocycles. The molecule has 1 aromatic heterocycles. The zero-order valence-electron chi connectivity index (χ0n) is 18.9. The van der Waals surface area contributed by atoms with Crippen molar-refractivity contribution in [3.63, 3.8) is 0 Å². The van der Waals surface area contributed by atoms with E-state index in [0.717, 1.165) is 19.1 Å². The third-order valence-electron chi connectivity index (χ3n) is 5.26. The average molecular weight is 475 g/mol. The summed E-state index contributed by atoms with van der Waals surface area (Å²) < 4.78 is 42.2. The summed E-state index contributed by atoms with van der Waals surface area (Å²) >= 11 is 0. The predicted molar refractivity (Wildman–Crippen MR) is 113 cm³/mol. The van der Waals surface area contributed by atoms with E-state index in [1.54, 1.807) is 14.0 Å². The van der Waals surface area contributed by atoms with Crippen LogP contribution in [0.2, 0.25) is 0 Å². The molecule has 12 nitrogen and oxygen atoms in total. The number of rotatable bonds is 9. The van der Waals surface area contributed by atoms with Crippen LogP contribution in [0.3, 0.4) is 0 Å². The Kier molecular flexibility index (Phi) is 7.37. The van der Waals surface area contributed by atoms with Crippen molar-refractivity contribution in [1.29, 1.82) is 0 Å². The maximum atomic E-state index is 12.8. The van der Waals surface area contributed by atoms with Crippen LogP contribution >= 0.6 is 0 Å². The first-order valence-corrected chi connectivity index (χ1v) is 12.2. The van der Waals surface area contributed by atoms with E-state index in [1.807, 2.05) is 6.92 Å². The SMILES string of the molecule is CCCCOC1[C@@H]2ON(C)C[C@]1(COS(C)(=O)=O)O[C@H]2n1cc(C)c(NC(C)=O)nc1=O. The molecule has 180 valence electrons. The van der Waals surface area contributed by atoms with E-state index in [1.165, 1.54) is 22.8 Å². The number of aryl methyl sites for hydroxylation is 1. The van der Waals surface area contributed by atoms with Crippen LogP contribution in [0, 0.1) is 6.92 Å². The summed E-state index contributed by atoms with van der Waals surface area (Å²) in [6, 6.07) is 0. The Labute approximate surface area is 186 Å². The lowest BCUT2D eigenvalue weighted by Gasteiger charge is -2.41. The minimum atomic E-state index is -3.75. The maximum absolute atomic E-state index is 12.8. The smallest absolute Gasteiger partial charge is 0.351 e.